The van der Waals surface area contributed by atoms with Crippen LogP contribution < -0.4 is 5.32 Å². The minimum atomic E-state index is -0.826. The Morgan fingerprint density at radius 2 is 2.00 bits per heavy atom. The van der Waals surface area contributed by atoms with Gasteiger partial charge in [0.15, 0.2) is 0 Å². The number of rotatable bonds is 5. The second-order valence-electron chi connectivity index (χ2n) is 4.72. The van der Waals surface area contributed by atoms with E-state index in [0.29, 0.717) is 18.8 Å². The molecular formula is C15H19NO2S. The van der Waals surface area contributed by atoms with E-state index in [0.717, 1.165) is 16.3 Å². The van der Waals surface area contributed by atoms with Gasteiger partial charge in [-0.1, -0.05) is 30.3 Å². The van der Waals surface area contributed by atoms with Crippen LogP contribution in [0.15, 0.2) is 36.4 Å². The van der Waals surface area contributed by atoms with Gasteiger partial charge in [-0.05, 0) is 23.8 Å². The molecule has 0 aliphatic carbocycles. The highest BCUT2D eigenvalue weighted by Crippen LogP contribution is 2.26. The number of fused-ring (bicyclic) bond motifs is 1. The maximum Gasteiger partial charge on any atom is 0.120 e. The fraction of sp³-hybridized carbons (Fsp3) is 0.333. The number of benzene rings is 2. The van der Waals surface area contributed by atoms with Gasteiger partial charge in [0.25, 0.3) is 0 Å². The molecule has 2 aromatic carbocycles. The average molecular weight is 277 g/mol. The number of hydrogen-bond donors (Lipinski definition) is 2. The van der Waals surface area contributed by atoms with Crippen LogP contribution in [0.2, 0.25) is 0 Å². The first kappa shape index (κ1) is 14.0. The normalized spacial score (nSPS) is 14.4. The van der Waals surface area contributed by atoms with Gasteiger partial charge < -0.3 is 10.4 Å². The van der Waals surface area contributed by atoms with Crippen molar-refractivity contribution in [3.05, 3.63) is 42.0 Å². The van der Waals surface area contributed by atoms with Crippen LogP contribution in [0.4, 0.5) is 0 Å². The van der Waals surface area contributed by atoms with Gasteiger partial charge in [-0.25, -0.2) is 0 Å². The highest BCUT2D eigenvalue weighted by Gasteiger charge is 2.09. The fourth-order valence-electron chi connectivity index (χ4n) is 2.03. The number of hydrogen-bond acceptors (Lipinski definition) is 3. The highest BCUT2D eigenvalue weighted by molar-refractivity contribution is 7.84. The Balaban J connectivity index is 2.16. The van der Waals surface area contributed by atoms with Gasteiger partial charge in [-0.15, -0.1) is 0 Å². The molecule has 0 heterocycles. The third kappa shape index (κ3) is 3.33. The van der Waals surface area contributed by atoms with Crippen molar-refractivity contribution in [3.8, 4) is 5.75 Å². The molecule has 2 rings (SSSR count). The first-order valence-corrected chi connectivity index (χ1v) is 7.94. The molecule has 0 fully saturated rings. The predicted molar refractivity (Wildman–Crippen MR) is 80.8 cm³/mol. The number of nitrogens with one attached hydrogen (secondary N) is 1. The van der Waals surface area contributed by atoms with Crippen LogP contribution in [0, 0.1) is 0 Å². The summed E-state index contributed by atoms with van der Waals surface area (Å²) >= 11 is 0. The lowest BCUT2D eigenvalue weighted by Crippen LogP contribution is -2.27. The lowest BCUT2D eigenvalue weighted by Gasteiger charge is -2.12. The van der Waals surface area contributed by atoms with Crippen molar-refractivity contribution < 1.29 is 9.32 Å². The quantitative estimate of drug-likeness (QED) is 0.882. The molecule has 0 spiro atoms. The van der Waals surface area contributed by atoms with Crippen LogP contribution in [0.25, 0.3) is 10.8 Å². The summed E-state index contributed by atoms with van der Waals surface area (Å²) in [6.07, 6.45) is 1.71. The Kier molecular flexibility index (Phi) is 4.56. The predicted octanol–water partition coefficient (Wildman–Crippen LogP) is 2.40. The molecule has 0 aliphatic rings. The Hall–Kier alpha value is -1.39. The van der Waals surface area contributed by atoms with Crippen molar-refractivity contribution in [1.29, 1.82) is 0 Å². The minimum absolute atomic E-state index is 0.108. The second-order valence-corrected chi connectivity index (χ2v) is 6.53. The van der Waals surface area contributed by atoms with Gasteiger partial charge in [0.1, 0.15) is 5.75 Å². The summed E-state index contributed by atoms with van der Waals surface area (Å²) in [7, 11) is -0.826. The lowest BCUT2D eigenvalue weighted by atomic mass is 10.0. The Morgan fingerprint density at radius 3 is 2.74 bits per heavy atom. The van der Waals surface area contributed by atoms with Crippen molar-refractivity contribution in [1.82, 2.24) is 5.32 Å². The van der Waals surface area contributed by atoms with E-state index in [1.54, 1.807) is 12.3 Å². The Morgan fingerprint density at radius 1 is 1.26 bits per heavy atom. The number of phenols is 1. The van der Waals surface area contributed by atoms with Crippen LogP contribution in [0.3, 0.4) is 0 Å². The number of aromatic hydroxyl groups is 1. The van der Waals surface area contributed by atoms with Crippen molar-refractivity contribution in [2.24, 2.45) is 0 Å². The lowest BCUT2D eigenvalue weighted by molar-refractivity contribution is 0.466. The van der Waals surface area contributed by atoms with E-state index in [1.807, 2.05) is 37.3 Å². The van der Waals surface area contributed by atoms with E-state index in [1.165, 1.54) is 0 Å². The first-order valence-electron chi connectivity index (χ1n) is 6.32. The molecule has 0 bridgehead atoms. The van der Waals surface area contributed by atoms with Gasteiger partial charge in [-0.2, -0.15) is 0 Å². The smallest absolute Gasteiger partial charge is 0.120 e. The van der Waals surface area contributed by atoms with Gasteiger partial charge >= 0.3 is 0 Å². The van der Waals surface area contributed by atoms with Gasteiger partial charge in [0.2, 0.25) is 0 Å². The van der Waals surface area contributed by atoms with Crippen molar-refractivity contribution >= 4 is 21.6 Å². The highest BCUT2D eigenvalue weighted by atomic mass is 32.2. The zero-order valence-corrected chi connectivity index (χ0v) is 12.0. The molecule has 0 saturated heterocycles. The zero-order chi connectivity index (χ0) is 13.8. The minimum Gasteiger partial charge on any atom is -0.508 e. The van der Waals surface area contributed by atoms with Crippen molar-refractivity contribution in [2.75, 3.05) is 12.8 Å². The van der Waals surface area contributed by atoms with E-state index >= 15 is 0 Å². The van der Waals surface area contributed by atoms with Crippen LogP contribution in [-0.4, -0.2) is 27.4 Å². The van der Waals surface area contributed by atoms with Gasteiger partial charge in [0, 0.05) is 41.0 Å². The van der Waals surface area contributed by atoms with Gasteiger partial charge in [0.05, 0.1) is 0 Å². The molecular weight excluding hydrogens is 258 g/mol. The Bertz CT molecular complexity index is 598. The fourth-order valence-corrected chi connectivity index (χ4v) is 2.38. The SMILES string of the molecule is CC(CNCc1c(O)ccc2ccccc12)S(C)=O. The zero-order valence-electron chi connectivity index (χ0n) is 11.2. The van der Waals surface area contributed by atoms with Crippen LogP contribution in [0.5, 0.6) is 5.75 Å². The molecule has 3 nitrogen and oxygen atoms in total. The van der Waals surface area contributed by atoms with Crippen molar-refractivity contribution in [3.63, 3.8) is 0 Å². The topological polar surface area (TPSA) is 49.3 Å². The second kappa shape index (κ2) is 6.17. The van der Waals surface area contributed by atoms with E-state index in [2.05, 4.69) is 5.32 Å². The maximum absolute atomic E-state index is 11.3. The molecule has 0 aliphatic heterocycles. The molecule has 19 heavy (non-hydrogen) atoms. The molecule has 2 atom stereocenters. The summed E-state index contributed by atoms with van der Waals surface area (Å²) in [5.41, 5.74) is 0.896. The standard InChI is InChI=1S/C15H19NO2S/c1-11(19(2)18)9-16-10-14-13-6-4-3-5-12(13)7-8-15(14)17/h3-8,11,16-17H,9-10H2,1-2H3. The molecule has 0 radical (unpaired) electrons. The van der Waals surface area contributed by atoms with Crippen LogP contribution >= 0.6 is 0 Å². The maximum atomic E-state index is 11.3. The van der Waals surface area contributed by atoms with Crippen molar-refractivity contribution in [2.45, 2.75) is 18.7 Å². The molecule has 4 heteroatoms. The monoisotopic (exact) mass is 277 g/mol. The third-order valence-electron chi connectivity index (χ3n) is 3.32. The van der Waals surface area contributed by atoms with E-state index < -0.39 is 10.8 Å². The Labute approximate surface area is 116 Å². The molecule has 0 aromatic heterocycles. The third-order valence-corrected chi connectivity index (χ3v) is 4.62. The van der Waals surface area contributed by atoms with Crippen LogP contribution in [-0.2, 0) is 17.3 Å². The summed E-state index contributed by atoms with van der Waals surface area (Å²) in [5.74, 6) is 0.302. The van der Waals surface area contributed by atoms with E-state index in [-0.39, 0.29) is 5.25 Å². The summed E-state index contributed by atoms with van der Waals surface area (Å²) in [4.78, 5) is 0. The molecule has 2 aromatic rings. The summed E-state index contributed by atoms with van der Waals surface area (Å²) in [6, 6.07) is 11.6. The summed E-state index contributed by atoms with van der Waals surface area (Å²) in [6.45, 7) is 3.20. The number of phenolic OH excluding ortho intramolecular Hbond substituents is 1. The molecule has 0 amide bonds. The van der Waals surface area contributed by atoms with Gasteiger partial charge in [-0.3, -0.25) is 4.21 Å². The largest absolute Gasteiger partial charge is 0.508 e. The molecule has 0 saturated carbocycles. The van der Waals surface area contributed by atoms with E-state index in [4.69, 9.17) is 0 Å². The summed E-state index contributed by atoms with van der Waals surface area (Å²) < 4.78 is 11.3. The van der Waals surface area contributed by atoms with E-state index in [9.17, 15) is 9.32 Å². The molecule has 102 valence electrons. The molecule has 2 unspecified atom stereocenters. The average Bonchev–Trinajstić information content (AvgIpc) is 2.41. The van der Waals surface area contributed by atoms with Crippen LogP contribution in [0.1, 0.15) is 12.5 Å². The molecule has 2 N–H and O–H groups in total. The first-order chi connectivity index (χ1) is 9.09. The summed E-state index contributed by atoms with van der Waals surface area (Å²) in [5, 5.41) is 15.5.